The fourth-order valence-electron chi connectivity index (χ4n) is 0.799. The van der Waals surface area contributed by atoms with Crippen molar-refractivity contribution in [1.82, 2.24) is 0 Å². The van der Waals surface area contributed by atoms with E-state index in [4.69, 9.17) is 5.02 Å². The third-order valence-corrected chi connectivity index (χ3v) is 1.54. The fraction of sp³-hybridized carbons (Fsp3) is 0.143. The lowest BCUT2D eigenvalue weighted by molar-refractivity contribution is 0.587. The third kappa shape index (κ3) is 2.86. The van der Waals surface area contributed by atoms with Crippen molar-refractivity contribution in [3.63, 3.8) is 0 Å². The topological polar surface area (TPSA) is 32.3 Å². The summed E-state index contributed by atoms with van der Waals surface area (Å²) in [5.74, 6) is 0. The molecule has 0 atom stereocenters. The van der Waals surface area contributed by atoms with E-state index in [9.17, 15) is 0 Å². The van der Waals surface area contributed by atoms with E-state index in [-0.39, 0.29) is 0 Å². The van der Waals surface area contributed by atoms with Crippen LogP contribution in [0.2, 0.25) is 6.82 Å². The zero-order chi connectivity index (χ0) is 8.27. The SMILES string of the molecule is CB(O)Nc1ccc(S)cc1. The van der Waals surface area contributed by atoms with E-state index in [0.29, 0.717) is 0 Å². The Hall–Kier alpha value is -0.605. The van der Waals surface area contributed by atoms with Crippen LogP contribution in [0.3, 0.4) is 0 Å². The van der Waals surface area contributed by atoms with Crippen LogP contribution < -0.4 is 5.23 Å². The van der Waals surface area contributed by atoms with Crippen molar-refractivity contribution in [2.24, 2.45) is 0 Å². The monoisotopic (exact) mass is 167 g/mol. The molecule has 4 heteroatoms. The van der Waals surface area contributed by atoms with Crippen LogP contribution in [0.15, 0.2) is 29.2 Å². The summed E-state index contributed by atoms with van der Waals surface area (Å²) in [5, 5.41) is 11.8. The van der Waals surface area contributed by atoms with Gasteiger partial charge in [-0.15, -0.1) is 12.6 Å². The summed E-state index contributed by atoms with van der Waals surface area (Å²) in [6.07, 6.45) is 0. The highest BCUT2D eigenvalue weighted by Crippen LogP contribution is 2.11. The van der Waals surface area contributed by atoms with Crippen LogP contribution >= 0.6 is 12.6 Å². The Bertz CT molecular complexity index is 224. The molecule has 1 aromatic rings. The highest BCUT2D eigenvalue weighted by molar-refractivity contribution is 7.80. The van der Waals surface area contributed by atoms with Crippen molar-refractivity contribution in [3.05, 3.63) is 24.3 Å². The average Bonchev–Trinajstić information content (AvgIpc) is 1.93. The molecule has 1 aromatic carbocycles. The van der Waals surface area contributed by atoms with Crippen molar-refractivity contribution >= 4 is 25.4 Å². The van der Waals surface area contributed by atoms with Crippen molar-refractivity contribution in [2.45, 2.75) is 11.7 Å². The van der Waals surface area contributed by atoms with Gasteiger partial charge in [-0.3, -0.25) is 0 Å². The molecule has 0 fully saturated rings. The van der Waals surface area contributed by atoms with Gasteiger partial charge in [0.2, 0.25) is 0 Å². The Balaban J connectivity index is 2.66. The molecule has 0 radical (unpaired) electrons. The predicted octanol–water partition coefficient (Wildman–Crippen LogP) is 1.50. The van der Waals surface area contributed by atoms with Gasteiger partial charge in [-0.25, -0.2) is 0 Å². The molecular weight excluding hydrogens is 157 g/mol. The summed E-state index contributed by atoms with van der Waals surface area (Å²) in [6, 6.07) is 7.48. The molecule has 58 valence electrons. The van der Waals surface area contributed by atoms with Crippen LogP contribution in [-0.2, 0) is 0 Å². The van der Waals surface area contributed by atoms with Crippen molar-refractivity contribution in [2.75, 3.05) is 5.23 Å². The van der Waals surface area contributed by atoms with E-state index in [0.717, 1.165) is 10.6 Å². The Morgan fingerprint density at radius 2 is 1.91 bits per heavy atom. The maximum Gasteiger partial charge on any atom is 0.406 e. The fourth-order valence-corrected chi connectivity index (χ4v) is 0.948. The van der Waals surface area contributed by atoms with Gasteiger partial charge in [-0.1, -0.05) is 0 Å². The molecule has 1 rings (SSSR count). The van der Waals surface area contributed by atoms with Gasteiger partial charge < -0.3 is 10.3 Å². The van der Waals surface area contributed by atoms with Crippen LogP contribution in [-0.4, -0.2) is 12.1 Å². The summed E-state index contributed by atoms with van der Waals surface area (Å²) in [7, 11) is -0.513. The van der Waals surface area contributed by atoms with E-state index in [1.807, 2.05) is 24.3 Å². The van der Waals surface area contributed by atoms with Crippen LogP contribution in [0.25, 0.3) is 0 Å². The van der Waals surface area contributed by atoms with Crippen LogP contribution in [0.4, 0.5) is 5.69 Å². The zero-order valence-electron chi connectivity index (χ0n) is 6.28. The first-order valence-electron chi connectivity index (χ1n) is 3.42. The molecule has 0 saturated carbocycles. The molecule has 0 heterocycles. The summed E-state index contributed by atoms with van der Waals surface area (Å²) >= 11 is 4.13. The molecule has 0 spiro atoms. The lowest BCUT2D eigenvalue weighted by Gasteiger charge is -2.04. The molecule has 11 heavy (non-hydrogen) atoms. The molecule has 0 aromatic heterocycles. The second-order valence-corrected chi connectivity index (χ2v) is 2.88. The minimum Gasteiger partial charge on any atom is -0.433 e. The number of anilines is 1. The Morgan fingerprint density at radius 3 is 2.36 bits per heavy atom. The van der Waals surface area contributed by atoms with Crippen LogP contribution in [0.5, 0.6) is 0 Å². The smallest absolute Gasteiger partial charge is 0.406 e. The third-order valence-electron chi connectivity index (χ3n) is 1.24. The molecule has 0 aliphatic heterocycles. The number of hydrogen-bond acceptors (Lipinski definition) is 3. The molecule has 0 bridgehead atoms. The molecule has 0 saturated heterocycles. The molecule has 0 aliphatic rings. The Kier molecular flexibility index (Phi) is 2.85. The first-order valence-corrected chi connectivity index (χ1v) is 3.87. The van der Waals surface area contributed by atoms with Gasteiger partial charge in [0.05, 0.1) is 0 Å². The minimum absolute atomic E-state index is 0.513. The molecule has 0 unspecified atom stereocenters. The van der Waals surface area contributed by atoms with Gasteiger partial charge >= 0.3 is 7.05 Å². The van der Waals surface area contributed by atoms with Crippen LogP contribution in [0.1, 0.15) is 0 Å². The van der Waals surface area contributed by atoms with Gasteiger partial charge in [-0.05, 0) is 31.1 Å². The van der Waals surface area contributed by atoms with Gasteiger partial charge in [0, 0.05) is 10.6 Å². The van der Waals surface area contributed by atoms with Gasteiger partial charge in [-0.2, -0.15) is 0 Å². The highest BCUT2D eigenvalue weighted by atomic mass is 32.1. The maximum atomic E-state index is 8.94. The highest BCUT2D eigenvalue weighted by Gasteiger charge is 2.00. The van der Waals surface area contributed by atoms with E-state index >= 15 is 0 Å². The normalized spacial score (nSPS) is 9.36. The van der Waals surface area contributed by atoms with Gasteiger partial charge in [0.1, 0.15) is 0 Å². The van der Waals surface area contributed by atoms with Gasteiger partial charge in [0.25, 0.3) is 0 Å². The first kappa shape index (κ1) is 8.49. The average molecular weight is 167 g/mol. The summed E-state index contributed by atoms with van der Waals surface area (Å²) in [5.41, 5.74) is 0.901. The number of thiol groups is 1. The number of hydrogen-bond donors (Lipinski definition) is 3. The molecule has 0 aliphatic carbocycles. The maximum absolute atomic E-state index is 8.94. The Morgan fingerprint density at radius 1 is 1.36 bits per heavy atom. The van der Waals surface area contributed by atoms with Crippen molar-refractivity contribution in [1.29, 1.82) is 0 Å². The zero-order valence-corrected chi connectivity index (χ0v) is 7.18. The largest absolute Gasteiger partial charge is 0.433 e. The van der Waals surface area contributed by atoms with Crippen molar-refractivity contribution < 1.29 is 5.02 Å². The standard InChI is InChI=1S/C7H10BNOS/c1-8(10)9-6-2-4-7(11)5-3-6/h2-5,9-11H,1H3. The molecule has 2 N–H and O–H groups in total. The quantitative estimate of drug-likeness (QED) is 0.460. The first-order chi connectivity index (χ1) is 5.18. The van der Waals surface area contributed by atoms with E-state index < -0.39 is 7.05 Å². The predicted molar refractivity (Wildman–Crippen MR) is 51.2 cm³/mol. The van der Waals surface area contributed by atoms with E-state index in [2.05, 4.69) is 17.9 Å². The molecule has 2 nitrogen and oxygen atoms in total. The molecular formula is C7H10BNOS. The number of benzene rings is 1. The lowest BCUT2D eigenvalue weighted by Crippen LogP contribution is -2.19. The van der Waals surface area contributed by atoms with Crippen LogP contribution in [0, 0.1) is 0 Å². The summed E-state index contributed by atoms with van der Waals surface area (Å²) < 4.78 is 0. The minimum atomic E-state index is -0.513. The van der Waals surface area contributed by atoms with E-state index in [1.54, 1.807) is 6.82 Å². The number of rotatable bonds is 2. The van der Waals surface area contributed by atoms with E-state index in [1.165, 1.54) is 0 Å². The van der Waals surface area contributed by atoms with Crippen molar-refractivity contribution in [3.8, 4) is 0 Å². The lowest BCUT2D eigenvalue weighted by atomic mass is 9.88. The summed E-state index contributed by atoms with van der Waals surface area (Å²) in [6.45, 7) is 1.68. The Labute approximate surface area is 72.2 Å². The summed E-state index contributed by atoms with van der Waals surface area (Å²) in [4.78, 5) is 0.918. The second-order valence-electron chi connectivity index (χ2n) is 2.37. The molecule has 0 amide bonds. The van der Waals surface area contributed by atoms with Gasteiger partial charge in [0.15, 0.2) is 0 Å². The second kappa shape index (κ2) is 3.69. The number of nitrogens with one attached hydrogen (secondary N) is 1.